The molecule has 1 saturated heterocycles. The molecule has 2 aliphatic rings. The number of amides is 1. The van der Waals surface area contributed by atoms with Crippen LogP contribution < -0.4 is 20.3 Å². The van der Waals surface area contributed by atoms with Crippen LogP contribution in [-0.2, 0) is 13.0 Å². The van der Waals surface area contributed by atoms with Crippen molar-refractivity contribution in [2.24, 2.45) is 0 Å². The molecular formula is C37H28F3N5O4S. The molecule has 0 saturated carbocycles. The average Bonchev–Trinajstić information content (AvgIpc) is 3.86. The van der Waals surface area contributed by atoms with Gasteiger partial charge in [0.15, 0.2) is 11.6 Å². The molecule has 13 heteroatoms. The highest BCUT2D eigenvalue weighted by molar-refractivity contribution is 7.22. The molecule has 6 heterocycles. The van der Waals surface area contributed by atoms with Crippen LogP contribution in [0.25, 0.3) is 26.5 Å². The number of likely N-dealkylation sites (tertiary alicyclic amines) is 1. The summed E-state index contributed by atoms with van der Waals surface area (Å²) in [6, 6.07) is 16.7. The summed E-state index contributed by atoms with van der Waals surface area (Å²) in [5.74, 6) is -1.48. The number of halogens is 3. The first-order valence-electron chi connectivity index (χ1n) is 16.0. The van der Waals surface area contributed by atoms with Gasteiger partial charge < -0.3 is 14.8 Å². The van der Waals surface area contributed by atoms with Gasteiger partial charge in [0.25, 0.3) is 11.5 Å². The fourth-order valence-electron chi connectivity index (χ4n) is 6.20. The Morgan fingerprint density at radius 3 is 2.66 bits per heavy atom. The average molecular weight is 696 g/mol. The van der Waals surface area contributed by atoms with Crippen molar-refractivity contribution in [1.29, 1.82) is 0 Å². The van der Waals surface area contributed by atoms with Crippen LogP contribution >= 0.6 is 11.3 Å². The minimum atomic E-state index is -0.773. The highest BCUT2D eigenvalue weighted by atomic mass is 32.1. The number of rotatable bonds is 8. The number of anilines is 1. The van der Waals surface area contributed by atoms with Crippen LogP contribution in [-0.4, -0.2) is 51.2 Å². The van der Waals surface area contributed by atoms with Crippen LogP contribution in [0.15, 0.2) is 90.1 Å². The van der Waals surface area contributed by atoms with Crippen molar-refractivity contribution in [3.8, 4) is 33.5 Å². The molecule has 0 spiro atoms. The number of nitrogens with one attached hydrogen (secondary N) is 1. The lowest BCUT2D eigenvalue weighted by atomic mass is 10.1. The number of benzene rings is 2. The molecule has 6 aromatic rings. The molecule has 4 aromatic heterocycles. The van der Waals surface area contributed by atoms with E-state index in [1.165, 1.54) is 52.3 Å². The molecule has 8 rings (SSSR count). The predicted octanol–water partition coefficient (Wildman–Crippen LogP) is 7.31. The van der Waals surface area contributed by atoms with Gasteiger partial charge in [-0.3, -0.25) is 29.0 Å². The van der Waals surface area contributed by atoms with Gasteiger partial charge in [-0.1, -0.05) is 6.07 Å². The lowest BCUT2D eigenvalue weighted by molar-refractivity contribution is 0.102. The molecule has 1 atom stereocenters. The SMILES string of the molecule is O=C(Nc1ccc(Oc2ccnc3cc(-c4ccc(CN5CCC(F)C5)cn4)sc23)c(F)c1)c1c2c(cn(-c3ccc(F)cc3)c1=O)CCO2. The molecule has 9 nitrogen and oxygen atoms in total. The number of fused-ring (bicyclic) bond motifs is 2. The third-order valence-corrected chi connectivity index (χ3v) is 9.83. The van der Waals surface area contributed by atoms with E-state index in [2.05, 4.69) is 20.2 Å². The second-order valence-corrected chi connectivity index (χ2v) is 13.2. The number of alkyl halides is 1. The van der Waals surface area contributed by atoms with Gasteiger partial charge in [0.2, 0.25) is 0 Å². The summed E-state index contributed by atoms with van der Waals surface area (Å²) in [7, 11) is 0. The Labute approximate surface area is 287 Å². The molecule has 252 valence electrons. The molecule has 1 N–H and O–H groups in total. The highest BCUT2D eigenvalue weighted by Gasteiger charge is 2.27. The number of carbonyl (C=O) groups excluding carboxylic acids is 1. The van der Waals surface area contributed by atoms with Crippen molar-refractivity contribution in [2.75, 3.05) is 25.0 Å². The van der Waals surface area contributed by atoms with Crippen LogP contribution in [0.4, 0.5) is 18.9 Å². The second kappa shape index (κ2) is 13.1. The number of pyridine rings is 3. The topological polar surface area (TPSA) is 98.6 Å². The zero-order chi connectivity index (χ0) is 34.4. The number of nitrogens with zero attached hydrogens (tertiary/aromatic N) is 4. The Kier molecular flexibility index (Phi) is 8.29. The van der Waals surface area contributed by atoms with Gasteiger partial charge in [0.1, 0.15) is 29.1 Å². The monoisotopic (exact) mass is 695 g/mol. The summed E-state index contributed by atoms with van der Waals surface area (Å²) in [4.78, 5) is 38.9. The van der Waals surface area contributed by atoms with Gasteiger partial charge in [-0.15, -0.1) is 11.3 Å². The summed E-state index contributed by atoms with van der Waals surface area (Å²) in [5.41, 5.74) is 2.66. The summed E-state index contributed by atoms with van der Waals surface area (Å²) in [6.07, 6.45) is 5.22. The standard InChI is InChI=1S/C37H28F3N5O4S/c38-23-2-5-26(6-3-23)45-19-22-11-14-48-34(22)33(37(45)47)36(46)43-25-4-8-30(27(40)15-25)49-31-9-12-41-29-16-32(50-35(29)31)28-7-1-21(17-42-28)18-44-13-10-24(39)20-44/h1-9,12,15-17,19,24H,10-11,13-14,18,20H2,(H,43,46). The first kappa shape index (κ1) is 31.7. The minimum absolute atomic E-state index is 0.0760. The van der Waals surface area contributed by atoms with Crippen molar-refractivity contribution < 1.29 is 27.4 Å². The van der Waals surface area contributed by atoms with E-state index in [-0.39, 0.29) is 22.7 Å². The summed E-state index contributed by atoms with van der Waals surface area (Å²) < 4.78 is 56.1. The summed E-state index contributed by atoms with van der Waals surface area (Å²) >= 11 is 1.41. The van der Waals surface area contributed by atoms with E-state index in [1.807, 2.05) is 18.2 Å². The Morgan fingerprint density at radius 2 is 1.90 bits per heavy atom. The molecule has 1 unspecified atom stereocenters. The number of carbonyl (C=O) groups is 1. The Morgan fingerprint density at radius 1 is 1.04 bits per heavy atom. The lowest BCUT2D eigenvalue weighted by Gasteiger charge is -2.14. The fraction of sp³-hybridized carbons (Fsp3) is 0.189. The molecule has 0 aliphatic carbocycles. The van der Waals surface area contributed by atoms with Gasteiger partial charge in [-0.05, 0) is 60.5 Å². The molecule has 2 aromatic carbocycles. The Hall–Kier alpha value is -5.53. The van der Waals surface area contributed by atoms with E-state index in [1.54, 1.807) is 24.7 Å². The maximum atomic E-state index is 15.4. The van der Waals surface area contributed by atoms with E-state index < -0.39 is 29.3 Å². The number of hydrogen-bond donors (Lipinski definition) is 1. The fourth-order valence-corrected chi connectivity index (χ4v) is 7.24. The lowest BCUT2D eigenvalue weighted by Crippen LogP contribution is -2.29. The van der Waals surface area contributed by atoms with Crippen molar-refractivity contribution in [1.82, 2.24) is 19.4 Å². The normalized spacial score (nSPS) is 15.6. The summed E-state index contributed by atoms with van der Waals surface area (Å²) in [5, 5.41) is 2.60. The van der Waals surface area contributed by atoms with Crippen molar-refractivity contribution in [3.63, 3.8) is 0 Å². The highest BCUT2D eigenvalue weighted by Crippen LogP contribution is 2.39. The minimum Gasteiger partial charge on any atom is -0.492 e. The van der Waals surface area contributed by atoms with Crippen LogP contribution in [0.3, 0.4) is 0 Å². The van der Waals surface area contributed by atoms with Gasteiger partial charge in [0, 0.05) is 73.7 Å². The zero-order valence-electron chi connectivity index (χ0n) is 26.4. The Bertz CT molecular complexity index is 2310. The predicted molar refractivity (Wildman–Crippen MR) is 183 cm³/mol. The first-order chi connectivity index (χ1) is 24.3. The molecule has 2 aliphatic heterocycles. The first-order valence-corrected chi connectivity index (χ1v) is 16.8. The molecule has 1 fully saturated rings. The van der Waals surface area contributed by atoms with E-state index in [4.69, 9.17) is 9.47 Å². The van der Waals surface area contributed by atoms with Gasteiger partial charge >= 0.3 is 0 Å². The third-order valence-electron chi connectivity index (χ3n) is 8.67. The van der Waals surface area contributed by atoms with Gasteiger partial charge in [0.05, 0.1) is 27.4 Å². The molecule has 0 bridgehead atoms. The summed E-state index contributed by atoms with van der Waals surface area (Å²) in [6.45, 7) is 2.12. The second-order valence-electron chi connectivity index (χ2n) is 12.1. The van der Waals surface area contributed by atoms with E-state index in [0.717, 1.165) is 28.7 Å². The van der Waals surface area contributed by atoms with Crippen LogP contribution in [0.2, 0.25) is 0 Å². The quantitative estimate of drug-likeness (QED) is 0.178. The smallest absolute Gasteiger partial charge is 0.271 e. The molecule has 0 radical (unpaired) electrons. The maximum absolute atomic E-state index is 15.4. The number of thiophene rings is 1. The zero-order valence-corrected chi connectivity index (χ0v) is 27.2. The van der Waals surface area contributed by atoms with Crippen LogP contribution in [0.5, 0.6) is 17.2 Å². The third kappa shape index (κ3) is 6.21. The van der Waals surface area contributed by atoms with Crippen molar-refractivity contribution in [2.45, 2.75) is 25.6 Å². The molecule has 1 amide bonds. The van der Waals surface area contributed by atoms with E-state index in [9.17, 15) is 18.4 Å². The van der Waals surface area contributed by atoms with E-state index in [0.29, 0.717) is 59.8 Å². The van der Waals surface area contributed by atoms with Crippen LogP contribution in [0, 0.1) is 11.6 Å². The van der Waals surface area contributed by atoms with Crippen LogP contribution in [0.1, 0.15) is 27.9 Å². The molecule has 50 heavy (non-hydrogen) atoms. The Balaban J connectivity index is 1.00. The number of aromatic nitrogens is 3. The van der Waals surface area contributed by atoms with Crippen molar-refractivity contribution >= 4 is 33.1 Å². The van der Waals surface area contributed by atoms with Crippen molar-refractivity contribution in [3.05, 3.63) is 124 Å². The van der Waals surface area contributed by atoms with Gasteiger partial charge in [-0.2, -0.15) is 0 Å². The number of ether oxygens (including phenoxy) is 2. The molecular weight excluding hydrogens is 667 g/mol. The number of hydrogen-bond acceptors (Lipinski definition) is 8. The maximum Gasteiger partial charge on any atom is 0.271 e. The van der Waals surface area contributed by atoms with E-state index >= 15 is 4.39 Å². The van der Waals surface area contributed by atoms with Gasteiger partial charge in [-0.25, -0.2) is 13.2 Å². The largest absolute Gasteiger partial charge is 0.492 e.